The molecule has 2 aromatic rings. The minimum Gasteiger partial charge on any atom is -0.398 e. The third kappa shape index (κ3) is 3.06. The number of anilines is 2. The van der Waals surface area contributed by atoms with Crippen LogP contribution in [0.2, 0.25) is 0 Å². The number of sulfonamides is 1. The fraction of sp³-hybridized carbons (Fsp3) is 0.143. The van der Waals surface area contributed by atoms with E-state index >= 15 is 0 Å². The van der Waals surface area contributed by atoms with Crippen LogP contribution in [0.25, 0.3) is 0 Å². The van der Waals surface area contributed by atoms with Crippen molar-refractivity contribution in [3.8, 4) is 0 Å². The molecule has 0 aromatic heterocycles. The maximum absolute atomic E-state index is 12.2. The highest BCUT2D eigenvalue weighted by atomic mass is 32.2. The van der Waals surface area contributed by atoms with Gasteiger partial charge in [-0.05, 0) is 49.2 Å². The van der Waals surface area contributed by atoms with Gasteiger partial charge in [0.2, 0.25) is 0 Å². The van der Waals surface area contributed by atoms with Crippen LogP contribution in [0.4, 0.5) is 11.4 Å². The lowest BCUT2D eigenvalue weighted by atomic mass is 10.2. The molecular weight excluding hydrogens is 260 g/mol. The van der Waals surface area contributed by atoms with E-state index in [4.69, 9.17) is 5.73 Å². The summed E-state index contributed by atoms with van der Waals surface area (Å²) in [7, 11) is -3.57. The van der Waals surface area contributed by atoms with Gasteiger partial charge in [-0.2, -0.15) is 0 Å². The number of nitrogens with one attached hydrogen (secondary N) is 1. The van der Waals surface area contributed by atoms with Crippen molar-refractivity contribution in [3.05, 3.63) is 53.6 Å². The van der Waals surface area contributed by atoms with Gasteiger partial charge in [0, 0.05) is 5.69 Å². The number of rotatable bonds is 3. The van der Waals surface area contributed by atoms with Gasteiger partial charge in [0.15, 0.2) is 0 Å². The molecule has 0 fully saturated rings. The SMILES string of the molecule is Cc1cccc(S(=O)(=O)Nc2ccc(C)c(N)c2)c1. The third-order valence-electron chi connectivity index (χ3n) is 2.83. The van der Waals surface area contributed by atoms with Crippen LogP contribution in [0.1, 0.15) is 11.1 Å². The number of hydrogen-bond donors (Lipinski definition) is 2. The topological polar surface area (TPSA) is 72.2 Å². The molecule has 0 saturated carbocycles. The second-order valence-electron chi connectivity index (χ2n) is 4.49. The first-order valence-corrected chi connectivity index (χ1v) is 7.32. The Balaban J connectivity index is 2.33. The van der Waals surface area contributed by atoms with E-state index < -0.39 is 10.0 Å². The summed E-state index contributed by atoms with van der Waals surface area (Å²) < 4.78 is 26.9. The molecular formula is C14H16N2O2S. The van der Waals surface area contributed by atoms with Gasteiger partial charge in [0.1, 0.15) is 0 Å². The van der Waals surface area contributed by atoms with Crippen molar-refractivity contribution in [2.24, 2.45) is 0 Å². The molecule has 0 bridgehead atoms. The molecule has 2 rings (SSSR count). The zero-order valence-corrected chi connectivity index (χ0v) is 11.7. The summed E-state index contributed by atoms with van der Waals surface area (Å²) in [5.74, 6) is 0. The minimum atomic E-state index is -3.57. The summed E-state index contributed by atoms with van der Waals surface area (Å²) in [5.41, 5.74) is 8.60. The molecule has 0 unspecified atom stereocenters. The molecule has 0 aliphatic carbocycles. The molecule has 0 saturated heterocycles. The summed E-state index contributed by atoms with van der Waals surface area (Å²) >= 11 is 0. The zero-order chi connectivity index (χ0) is 14.0. The Morgan fingerprint density at radius 3 is 2.42 bits per heavy atom. The molecule has 3 N–H and O–H groups in total. The van der Waals surface area contributed by atoms with Crippen molar-refractivity contribution in [3.63, 3.8) is 0 Å². The largest absolute Gasteiger partial charge is 0.398 e. The highest BCUT2D eigenvalue weighted by Crippen LogP contribution is 2.21. The lowest BCUT2D eigenvalue weighted by Gasteiger charge is -2.10. The Labute approximate surface area is 113 Å². The average Bonchev–Trinajstić information content (AvgIpc) is 2.33. The standard InChI is InChI=1S/C14H16N2O2S/c1-10-4-3-5-13(8-10)19(17,18)16-12-7-6-11(2)14(15)9-12/h3-9,16H,15H2,1-2H3. The van der Waals surface area contributed by atoms with Crippen LogP contribution >= 0.6 is 0 Å². The lowest BCUT2D eigenvalue weighted by Crippen LogP contribution is -2.13. The van der Waals surface area contributed by atoms with Gasteiger partial charge < -0.3 is 5.73 Å². The van der Waals surface area contributed by atoms with Crippen LogP contribution in [-0.4, -0.2) is 8.42 Å². The molecule has 2 aromatic carbocycles. The summed E-state index contributed by atoms with van der Waals surface area (Å²) in [5, 5.41) is 0. The number of nitrogen functional groups attached to an aromatic ring is 1. The Bertz CT molecular complexity index is 709. The first kappa shape index (κ1) is 13.4. The maximum Gasteiger partial charge on any atom is 0.261 e. The van der Waals surface area contributed by atoms with E-state index in [1.807, 2.05) is 19.9 Å². The monoisotopic (exact) mass is 276 g/mol. The molecule has 100 valence electrons. The maximum atomic E-state index is 12.2. The Morgan fingerprint density at radius 1 is 1.05 bits per heavy atom. The van der Waals surface area contributed by atoms with Crippen LogP contribution < -0.4 is 10.5 Å². The quantitative estimate of drug-likeness (QED) is 0.847. The van der Waals surface area contributed by atoms with Crippen molar-refractivity contribution in [2.75, 3.05) is 10.5 Å². The molecule has 0 heterocycles. The van der Waals surface area contributed by atoms with E-state index in [1.165, 1.54) is 0 Å². The fourth-order valence-electron chi connectivity index (χ4n) is 1.70. The van der Waals surface area contributed by atoms with Gasteiger partial charge in [-0.1, -0.05) is 18.2 Å². The molecule has 0 aliphatic heterocycles. The van der Waals surface area contributed by atoms with Crippen LogP contribution in [0.5, 0.6) is 0 Å². The molecule has 0 spiro atoms. The van der Waals surface area contributed by atoms with Gasteiger partial charge in [-0.25, -0.2) is 8.42 Å². The molecule has 0 aliphatic rings. The van der Waals surface area contributed by atoms with Crippen LogP contribution in [0, 0.1) is 13.8 Å². The first-order chi connectivity index (χ1) is 8.88. The van der Waals surface area contributed by atoms with E-state index in [0.29, 0.717) is 11.4 Å². The Morgan fingerprint density at radius 2 is 1.79 bits per heavy atom. The summed E-state index contributed by atoms with van der Waals surface area (Å²) in [4.78, 5) is 0.242. The predicted molar refractivity (Wildman–Crippen MR) is 77.6 cm³/mol. The van der Waals surface area contributed by atoms with E-state index in [2.05, 4.69) is 4.72 Å². The average molecular weight is 276 g/mol. The second kappa shape index (κ2) is 4.93. The predicted octanol–water partition coefficient (Wildman–Crippen LogP) is 2.69. The van der Waals surface area contributed by atoms with Gasteiger partial charge >= 0.3 is 0 Å². The van der Waals surface area contributed by atoms with E-state index in [9.17, 15) is 8.42 Å². The number of aryl methyl sites for hydroxylation is 2. The van der Waals surface area contributed by atoms with Crippen LogP contribution in [-0.2, 0) is 10.0 Å². The van der Waals surface area contributed by atoms with Gasteiger partial charge in [0.25, 0.3) is 10.0 Å². The third-order valence-corrected chi connectivity index (χ3v) is 4.21. The Kier molecular flexibility index (Phi) is 3.48. The van der Waals surface area contributed by atoms with E-state index in [1.54, 1.807) is 36.4 Å². The van der Waals surface area contributed by atoms with Crippen LogP contribution in [0.15, 0.2) is 47.4 Å². The minimum absolute atomic E-state index is 0.242. The molecule has 0 atom stereocenters. The lowest BCUT2D eigenvalue weighted by molar-refractivity contribution is 0.601. The van der Waals surface area contributed by atoms with Crippen molar-refractivity contribution in [1.82, 2.24) is 0 Å². The van der Waals surface area contributed by atoms with E-state index in [0.717, 1.165) is 11.1 Å². The van der Waals surface area contributed by atoms with E-state index in [-0.39, 0.29) is 4.90 Å². The Hall–Kier alpha value is -2.01. The van der Waals surface area contributed by atoms with Crippen molar-refractivity contribution < 1.29 is 8.42 Å². The second-order valence-corrected chi connectivity index (χ2v) is 6.18. The smallest absolute Gasteiger partial charge is 0.261 e. The van der Waals surface area contributed by atoms with Gasteiger partial charge in [-0.3, -0.25) is 4.72 Å². The molecule has 0 amide bonds. The van der Waals surface area contributed by atoms with Crippen molar-refractivity contribution >= 4 is 21.4 Å². The normalized spacial score (nSPS) is 11.3. The number of nitrogens with two attached hydrogens (primary N) is 1. The van der Waals surface area contributed by atoms with Crippen molar-refractivity contribution in [2.45, 2.75) is 18.7 Å². The fourth-order valence-corrected chi connectivity index (χ4v) is 2.85. The molecule has 19 heavy (non-hydrogen) atoms. The van der Waals surface area contributed by atoms with Crippen LogP contribution in [0.3, 0.4) is 0 Å². The zero-order valence-electron chi connectivity index (χ0n) is 10.8. The molecule has 0 radical (unpaired) electrons. The van der Waals surface area contributed by atoms with Crippen molar-refractivity contribution in [1.29, 1.82) is 0 Å². The first-order valence-electron chi connectivity index (χ1n) is 5.84. The number of benzene rings is 2. The van der Waals surface area contributed by atoms with Gasteiger partial charge in [0.05, 0.1) is 10.6 Å². The van der Waals surface area contributed by atoms with Gasteiger partial charge in [-0.15, -0.1) is 0 Å². The summed E-state index contributed by atoms with van der Waals surface area (Å²) in [6.45, 7) is 3.72. The highest BCUT2D eigenvalue weighted by Gasteiger charge is 2.14. The molecule has 5 heteroatoms. The highest BCUT2D eigenvalue weighted by molar-refractivity contribution is 7.92. The molecule has 4 nitrogen and oxygen atoms in total. The number of hydrogen-bond acceptors (Lipinski definition) is 3. The summed E-state index contributed by atoms with van der Waals surface area (Å²) in [6, 6.07) is 11.8. The summed E-state index contributed by atoms with van der Waals surface area (Å²) in [6.07, 6.45) is 0.